The molecule has 2 unspecified atom stereocenters. The summed E-state index contributed by atoms with van der Waals surface area (Å²) in [6, 6.07) is 0.820. The molecule has 0 aromatic heterocycles. The Morgan fingerprint density at radius 3 is 2.50 bits per heavy atom. The van der Waals surface area contributed by atoms with E-state index in [-0.39, 0.29) is 22.4 Å². The number of carboxylic acids is 1. The molecule has 3 N–H and O–H groups in total. The number of hydrogen-bond acceptors (Lipinski definition) is 4. The highest BCUT2D eigenvalue weighted by Gasteiger charge is 2.31. The van der Waals surface area contributed by atoms with Crippen molar-refractivity contribution in [1.82, 2.24) is 5.32 Å². The second kappa shape index (κ2) is 5.64. The summed E-state index contributed by atoms with van der Waals surface area (Å²) in [4.78, 5) is 15.2. The fourth-order valence-corrected chi connectivity index (χ4v) is 2.33. The number of carbonyl (C=O) groups is 1. The van der Waals surface area contributed by atoms with Crippen molar-refractivity contribution in [3.8, 4) is 0 Å². The molecule has 7 heteroatoms. The summed E-state index contributed by atoms with van der Waals surface area (Å²) in [5.74, 6) is -3.19. The van der Waals surface area contributed by atoms with Crippen molar-refractivity contribution in [2.24, 2.45) is 10.4 Å². The third kappa shape index (κ3) is 3.41. The van der Waals surface area contributed by atoms with Gasteiger partial charge in [0, 0.05) is 11.1 Å². The quantitative estimate of drug-likeness (QED) is 0.799. The number of rotatable bonds is 3. The maximum Gasteiger partial charge on any atom is 0.326 e. The van der Waals surface area contributed by atoms with Crippen LogP contribution in [-0.4, -0.2) is 28.1 Å². The Balaban J connectivity index is 2.30. The lowest BCUT2D eigenvalue weighted by atomic mass is 9.88. The first-order valence-corrected chi connectivity index (χ1v) is 6.83. The molecule has 120 valence electrons. The highest BCUT2D eigenvalue weighted by atomic mass is 19.2. The molecular weight excluding hydrogens is 294 g/mol. The van der Waals surface area contributed by atoms with Gasteiger partial charge in [0.15, 0.2) is 17.9 Å². The zero-order valence-corrected chi connectivity index (χ0v) is 12.5. The highest BCUT2D eigenvalue weighted by Crippen LogP contribution is 2.29. The Hall–Kier alpha value is -2.02. The number of halogens is 2. The SMILES string of the molecule is CC(C)(C)CC(NC1=NC(O)c2cc(F)c(F)cc21)C(=O)O. The van der Waals surface area contributed by atoms with Crippen molar-refractivity contribution < 1.29 is 23.8 Å². The van der Waals surface area contributed by atoms with Crippen LogP contribution in [0.5, 0.6) is 0 Å². The monoisotopic (exact) mass is 312 g/mol. The summed E-state index contributed by atoms with van der Waals surface area (Å²) < 4.78 is 26.6. The number of nitrogens with one attached hydrogen (secondary N) is 1. The summed E-state index contributed by atoms with van der Waals surface area (Å²) in [7, 11) is 0. The van der Waals surface area contributed by atoms with Gasteiger partial charge in [-0.3, -0.25) is 0 Å². The minimum atomic E-state index is -1.34. The Morgan fingerprint density at radius 2 is 1.95 bits per heavy atom. The summed E-state index contributed by atoms with van der Waals surface area (Å²) in [5.41, 5.74) is 0.0258. The molecule has 2 atom stereocenters. The van der Waals surface area contributed by atoms with Gasteiger partial charge in [-0.05, 0) is 24.0 Å². The number of carboxylic acid groups (broad SMARTS) is 1. The average molecular weight is 312 g/mol. The Bertz CT molecular complexity index is 638. The van der Waals surface area contributed by atoms with Crippen molar-refractivity contribution in [3.05, 3.63) is 34.9 Å². The first kappa shape index (κ1) is 16.4. The number of aliphatic carboxylic acids is 1. The van der Waals surface area contributed by atoms with Crippen molar-refractivity contribution in [1.29, 1.82) is 0 Å². The van der Waals surface area contributed by atoms with E-state index in [1.54, 1.807) is 0 Å². The lowest BCUT2D eigenvalue weighted by molar-refractivity contribution is -0.139. The van der Waals surface area contributed by atoms with Crippen LogP contribution in [0.3, 0.4) is 0 Å². The maximum atomic E-state index is 13.4. The topological polar surface area (TPSA) is 81.9 Å². The first-order chi connectivity index (χ1) is 10.1. The Kier molecular flexibility index (Phi) is 4.19. The van der Waals surface area contributed by atoms with Crippen LogP contribution in [0.2, 0.25) is 0 Å². The molecule has 1 aromatic rings. The molecule has 0 amide bonds. The maximum absolute atomic E-state index is 13.4. The van der Waals surface area contributed by atoms with Crippen LogP contribution in [0.15, 0.2) is 17.1 Å². The van der Waals surface area contributed by atoms with Crippen LogP contribution in [0.1, 0.15) is 44.5 Å². The van der Waals surface area contributed by atoms with Gasteiger partial charge in [-0.15, -0.1) is 0 Å². The molecule has 1 aromatic carbocycles. The van der Waals surface area contributed by atoms with Gasteiger partial charge in [-0.1, -0.05) is 20.8 Å². The van der Waals surface area contributed by atoms with Crippen LogP contribution in [0.4, 0.5) is 8.78 Å². The molecular formula is C15H18F2N2O3. The normalized spacial score (nSPS) is 18.6. The Morgan fingerprint density at radius 1 is 1.36 bits per heavy atom. The molecule has 0 aliphatic carbocycles. The molecule has 0 saturated heterocycles. The van der Waals surface area contributed by atoms with Crippen molar-refractivity contribution in [3.63, 3.8) is 0 Å². The zero-order chi connectivity index (χ0) is 16.7. The van der Waals surface area contributed by atoms with Gasteiger partial charge in [-0.25, -0.2) is 18.6 Å². The van der Waals surface area contributed by atoms with Crippen LogP contribution in [0, 0.1) is 17.0 Å². The number of aliphatic hydroxyl groups is 1. The number of aliphatic imine (C=N–C) groups is 1. The third-order valence-corrected chi connectivity index (χ3v) is 3.30. The molecule has 0 saturated carbocycles. The van der Waals surface area contributed by atoms with E-state index in [0.717, 1.165) is 12.1 Å². The van der Waals surface area contributed by atoms with Crippen molar-refractivity contribution in [2.45, 2.75) is 39.5 Å². The number of amidine groups is 1. The smallest absolute Gasteiger partial charge is 0.326 e. The van der Waals surface area contributed by atoms with Crippen LogP contribution in [0.25, 0.3) is 0 Å². The van der Waals surface area contributed by atoms with Gasteiger partial charge in [0.2, 0.25) is 0 Å². The van der Waals surface area contributed by atoms with Gasteiger partial charge < -0.3 is 15.5 Å². The van der Waals surface area contributed by atoms with Gasteiger partial charge in [0.25, 0.3) is 0 Å². The number of hydrogen-bond donors (Lipinski definition) is 3. The van der Waals surface area contributed by atoms with Crippen molar-refractivity contribution in [2.75, 3.05) is 0 Å². The predicted octanol–water partition coefficient (Wildman–Crippen LogP) is 2.19. The molecule has 5 nitrogen and oxygen atoms in total. The lowest BCUT2D eigenvalue weighted by Gasteiger charge is -2.24. The highest BCUT2D eigenvalue weighted by molar-refractivity contribution is 6.04. The van der Waals surface area contributed by atoms with E-state index in [2.05, 4.69) is 10.3 Å². The average Bonchev–Trinajstić information content (AvgIpc) is 2.64. The standard InChI is InChI=1S/C15H18F2N2O3/c1-15(2,3)6-11(14(21)22)18-12-7-4-9(16)10(17)5-8(7)13(20)19-12/h4-5,11,13,20H,6H2,1-3H3,(H,18,19)(H,21,22). The predicted molar refractivity (Wildman–Crippen MR) is 76.5 cm³/mol. The van der Waals surface area contributed by atoms with E-state index in [1.807, 2.05) is 20.8 Å². The van der Waals surface area contributed by atoms with E-state index in [4.69, 9.17) is 0 Å². The van der Waals surface area contributed by atoms with Gasteiger partial charge in [0.1, 0.15) is 11.9 Å². The number of fused-ring (bicyclic) bond motifs is 1. The molecule has 0 spiro atoms. The second-order valence-electron chi connectivity index (χ2n) is 6.50. The zero-order valence-electron chi connectivity index (χ0n) is 12.5. The summed E-state index contributed by atoms with van der Waals surface area (Å²) >= 11 is 0. The van der Waals surface area contributed by atoms with Crippen molar-refractivity contribution >= 4 is 11.8 Å². The van der Waals surface area contributed by atoms with Crippen LogP contribution >= 0.6 is 0 Å². The number of benzene rings is 1. The van der Waals surface area contributed by atoms with Crippen LogP contribution in [-0.2, 0) is 4.79 Å². The van der Waals surface area contributed by atoms with E-state index < -0.39 is 29.9 Å². The third-order valence-electron chi connectivity index (χ3n) is 3.30. The lowest BCUT2D eigenvalue weighted by Crippen LogP contribution is -2.43. The summed E-state index contributed by atoms with van der Waals surface area (Å²) in [6.07, 6.45) is -1.03. The molecule has 1 aliphatic rings. The fraction of sp³-hybridized carbons (Fsp3) is 0.467. The van der Waals surface area contributed by atoms with E-state index in [1.165, 1.54) is 0 Å². The fourth-order valence-electron chi connectivity index (χ4n) is 2.33. The molecule has 22 heavy (non-hydrogen) atoms. The minimum Gasteiger partial charge on any atom is -0.480 e. The molecule has 1 aliphatic heterocycles. The summed E-state index contributed by atoms with van der Waals surface area (Å²) in [6.45, 7) is 5.66. The number of aliphatic hydroxyl groups excluding tert-OH is 1. The van der Waals surface area contributed by atoms with Crippen LogP contribution < -0.4 is 5.32 Å². The van der Waals surface area contributed by atoms with E-state index in [9.17, 15) is 23.8 Å². The molecule has 2 rings (SSSR count). The van der Waals surface area contributed by atoms with E-state index >= 15 is 0 Å². The molecule has 0 bridgehead atoms. The van der Waals surface area contributed by atoms with Gasteiger partial charge >= 0.3 is 5.97 Å². The van der Waals surface area contributed by atoms with E-state index in [0.29, 0.717) is 6.42 Å². The number of nitrogens with zero attached hydrogens (tertiary/aromatic N) is 1. The molecule has 1 heterocycles. The first-order valence-electron chi connectivity index (χ1n) is 6.83. The second-order valence-corrected chi connectivity index (χ2v) is 6.50. The molecule has 0 radical (unpaired) electrons. The van der Waals surface area contributed by atoms with Gasteiger partial charge in [0.05, 0.1) is 0 Å². The summed E-state index contributed by atoms with van der Waals surface area (Å²) in [5, 5.41) is 21.8. The molecule has 0 fully saturated rings. The minimum absolute atomic E-state index is 0.0538. The largest absolute Gasteiger partial charge is 0.480 e. The van der Waals surface area contributed by atoms with Gasteiger partial charge in [-0.2, -0.15) is 0 Å². The Labute approximate surface area is 126 Å².